The van der Waals surface area contributed by atoms with Crippen molar-refractivity contribution in [1.82, 2.24) is 0 Å². The minimum atomic E-state index is -0.747. The Bertz CT molecular complexity index is 572. The SMILES string of the molecule is COC(=O)c1c(I)c(C(=O)OC)c(I)c([N+](=O)[O-])c1I. The molecule has 0 aliphatic carbocycles. The minimum absolute atomic E-state index is 0.0128. The van der Waals surface area contributed by atoms with Gasteiger partial charge in [-0.25, -0.2) is 9.59 Å². The molecule has 0 unspecified atom stereocenters. The molecule has 0 spiro atoms. The van der Waals surface area contributed by atoms with Gasteiger partial charge < -0.3 is 9.47 Å². The van der Waals surface area contributed by atoms with E-state index in [9.17, 15) is 19.7 Å². The Morgan fingerprint density at radius 1 is 0.950 bits per heavy atom. The van der Waals surface area contributed by atoms with E-state index in [2.05, 4.69) is 9.47 Å². The topological polar surface area (TPSA) is 95.7 Å². The number of nitro groups is 1. The number of methoxy groups -OCH3 is 2. The molecular weight excluding hydrogens is 611 g/mol. The highest BCUT2D eigenvalue weighted by atomic mass is 127. The summed E-state index contributed by atoms with van der Waals surface area (Å²) in [6.45, 7) is 0. The first-order valence-electron chi connectivity index (χ1n) is 4.79. The third-order valence-electron chi connectivity index (χ3n) is 2.26. The summed E-state index contributed by atoms with van der Waals surface area (Å²) in [5.74, 6) is -1.49. The Labute approximate surface area is 154 Å². The lowest BCUT2D eigenvalue weighted by Gasteiger charge is -2.12. The fourth-order valence-corrected chi connectivity index (χ4v) is 5.81. The molecule has 1 rings (SSSR count). The first-order valence-corrected chi connectivity index (χ1v) is 8.02. The van der Waals surface area contributed by atoms with Crippen LogP contribution in [0.25, 0.3) is 0 Å². The summed E-state index contributed by atoms with van der Waals surface area (Å²) < 4.78 is 9.75. The average molecular weight is 617 g/mol. The van der Waals surface area contributed by atoms with Gasteiger partial charge in [-0.2, -0.15) is 0 Å². The van der Waals surface area contributed by atoms with Crippen molar-refractivity contribution in [3.8, 4) is 0 Å². The van der Waals surface area contributed by atoms with E-state index in [0.29, 0.717) is 0 Å². The highest BCUT2D eigenvalue weighted by molar-refractivity contribution is 14.1. The summed E-state index contributed by atoms with van der Waals surface area (Å²) >= 11 is 5.16. The molecule has 0 atom stereocenters. The Kier molecular flexibility index (Phi) is 6.36. The highest BCUT2D eigenvalue weighted by Gasteiger charge is 2.33. The van der Waals surface area contributed by atoms with Crippen molar-refractivity contribution in [1.29, 1.82) is 0 Å². The third-order valence-corrected chi connectivity index (χ3v) is 5.43. The zero-order valence-corrected chi connectivity index (χ0v) is 16.5. The molecule has 0 saturated heterocycles. The van der Waals surface area contributed by atoms with Crippen LogP contribution < -0.4 is 0 Å². The van der Waals surface area contributed by atoms with Gasteiger partial charge in [-0.15, -0.1) is 0 Å². The van der Waals surface area contributed by atoms with Crippen LogP contribution in [-0.4, -0.2) is 31.1 Å². The zero-order chi connectivity index (χ0) is 15.6. The molecule has 0 N–H and O–H groups in total. The molecule has 0 aliphatic rings. The molecule has 20 heavy (non-hydrogen) atoms. The van der Waals surface area contributed by atoms with Crippen LogP contribution in [0.3, 0.4) is 0 Å². The second kappa shape index (κ2) is 7.15. The van der Waals surface area contributed by atoms with Crippen LogP contribution in [0.5, 0.6) is 0 Å². The zero-order valence-electron chi connectivity index (χ0n) is 10.0. The number of carbonyl (C=O) groups is 2. The fraction of sp³-hybridized carbons (Fsp3) is 0.200. The largest absolute Gasteiger partial charge is 0.465 e. The van der Waals surface area contributed by atoms with Crippen LogP contribution in [0.2, 0.25) is 0 Å². The Morgan fingerprint density at radius 2 is 1.30 bits per heavy atom. The van der Waals surface area contributed by atoms with Gasteiger partial charge in [-0.3, -0.25) is 10.1 Å². The van der Waals surface area contributed by atoms with Gasteiger partial charge in [0, 0.05) is 3.57 Å². The molecule has 0 saturated carbocycles. The standard InChI is InChI=1S/C10H6I3NO6/c1-19-9(15)3-5(11)4(10(16)20-2)7(13)8(6(3)12)14(17)18/h1-2H3. The average Bonchev–Trinajstić information content (AvgIpc) is 2.37. The maximum Gasteiger partial charge on any atom is 0.340 e. The van der Waals surface area contributed by atoms with Crippen LogP contribution in [0.15, 0.2) is 0 Å². The number of esters is 2. The van der Waals surface area contributed by atoms with Gasteiger partial charge in [0.2, 0.25) is 0 Å². The number of hydrogen-bond acceptors (Lipinski definition) is 6. The lowest BCUT2D eigenvalue weighted by Crippen LogP contribution is -2.17. The molecule has 108 valence electrons. The van der Waals surface area contributed by atoms with Gasteiger partial charge in [0.05, 0.1) is 30.3 Å². The van der Waals surface area contributed by atoms with Gasteiger partial charge >= 0.3 is 11.9 Å². The van der Waals surface area contributed by atoms with E-state index in [1.165, 1.54) is 0 Å². The lowest BCUT2D eigenvalue weighted by atomic mass is 10.1. The molecule has 1 aromatic rings. The first kappa shape index (κ1) is 17.8. The third kappa shape index (κ3) is 3.15. The number of benzene rings is 1. The summed E-state index contributed by atoms with van der Waals surface area (Å²) in [7, 11) is 2.33. The molecule has 0 aromatic heterocycles. The summed E-state index contributed by atoms with van der Waals surface area (Å²) in [6, 6.07) is 0. The Hall–Kier alpha value is -0.250. The summed E-state index contributed by atoms with van der Waals surface area (Å²) in [5.41, 5.74) is -0.338. The van der Waals surface area contributed by atoms with Gasteiger partial charge in [-0.1, -0.05) is 0 Å². The van der Waals surface area contributed by atoms with Gasteiger partial charge in [0.25, 0.3) is 5.69 Å². The number of rotatable bonds is 3. The van der Waals surface area contributed by atoms with E-state index in [0.717, 1.165) is 14.2 Å². The normalized spacial score (nSPS) is 10.1. The molecular formula is C10H6I3NO6. The van der Waals surface area contributed by atoms with E-state index in [4.69, 9.17) is 0 Å². The summed E-state index contributed by atoms with van der Waals surface area (Å²) in [4.78, 5) is 34.1. The van der Waals surface area contributed by atoms with Crippen molar-refractivity contribution in [3.63, 3.8) is 0 Å². The Balaban J connectivity index is 3.88. The molecule has 1 aromatic carbocycles. The van der Waals surface area contributed by atoms with Crippen molar-refractivity contribution < 1.29 is 24.0 Å². The molecule has 0 aliphatic heterocycles. The lowest BCUT2D eigenvalue weighted by molar-refractivity contribution is -0.386. The van der Waals surface area contributed by atoms with Crippen LogP contribution in [0, 0.1) is 20.8 Å². The molecule has 10 heteroatoms. The number of nitro benzene ring substituents is 1. The van der Waals surface area contributed by atoms with Crippen molar-refractivity contribution in [2.24, 2.45) is 0 Å². The predicted octanol–water partition coefficient (Wildman–Crippen LogP) is 2.98. The monoisotopic (exact) mass is 617 g/mol. The maximum absolute atomic E-state index is 11.8. The summed E-state index contributed by atoms with van der Waals surface area (Å²) in [5, 5.41) is 11.2. The number of carbonyl (C=O) groups excluding carboxylic acids is 2. The van der Waals surface area contributed by atoms with Crippen molar-refractivity contribution in [2.45, 2.75) is 0 Å². The molecule has 0 fully saturated rings. The van der Waals surface area contributed by atoms with E-state index in [-0.39, 0.29) is 27.5 Å². The quantitative estimate of drug-likeness (QED) is 0.224. The van der Waals surface area contributed by atoms with Crippen LogP contribution in [0.4, 0.5) is 5.69 Å². The maximum atomic E-state index is 11.8. The van der Waals surface area contributed by atoms with Gasteiger partial charge in [-0.05, 0) is 67.8 Å². The van der Waals surface area contributed by atoms with Crippen LogP contribution in [-0.2, 0) is 9.47 Å². The molecule has 0 amide bonds. The van der Waals surface area contributed by atoms with Crippen LogP contribution in [0.1, 0.15) is 20.7 Å². The minimum Gasteiger partial charge on any atom is -0.465 e. The Morgan fingerprint density at radius 3 is 1.55 bits per heavy atom. The smallest absolute Gasteiger partial charge is 0.340 e. The number of nitrogens with zero attached hydrogens (tertiary/aromatic N) is 1. The summed E-state index contributed by atoms with van der Waals surface area (Å²) in [6.07, 6.45) is 0. The van der Waals surface area contributed by atoms with E-state index >= 15 is 0 Å². The second-order valence-electron chi connectivity index (χ2n) is 3.28. The van der Waals surface area contributed by atoms with Crippen molar-refractivity contribution in [2.75, 3.05) is 14.2 Å². The highest BCUT2D eigenvalue weighted by Crippen LogP contribution is 2.37. The van der Waals surface area contributed by atoms with Crippen LogP contribution >= 0.6 is 67.8 Å². The van der Waals surface area contributed by atoms with Crippen molar-refractivity contribution in [3.05, 3.63) is 32.0 Å². The number of halogens is 3. The van der Waals surface area contributed by atoms with Gasteiger partial charge in [0.1, 0.15) is 7.14 Å². The van der Waals surface area contributed by atoms with E-state index in [1.54, 1.807) is 67.8 Å². The first-order chi connectivity index (χ1) is 9.27. The molecule has 7 nitrogen and oxygen atoms in total. The van der Waals surface area contributed by atoms with E-state index < -0.39 is 16.9 Å². The fourth-order valence-electron chi connectivity index (χ4n) is 1.37. The second-order valence-corrected chi connectivity index (χ2v) is 6.52. The molecule has 0 heterocycles. The van der Waals surface area contributed by atoms with E-state index in [1.807, 2.05) is 0 Å². The van der Waals surface area contributed by atoms with Gasteiger partial charge in [0.15, 0.2) is 0 Å². The number of hydrogen-bond donors (Lipinski definition) is 0. The predicted molar refractivity (Wildman–Crippen MR) is 93.9 cm³/mol. The molecule has 0 bridgehead atoms. The molecule has 0 radical (unpaired) electrons. The van der Waals surface area contributed by atoms with Crippen molar-refractivity contribution >= 4 is 85.4 Å². The number of ether oxygens (including phenoxy) is 2.